The maximum absolute atomic E-state index is 12.4. The van der Waals surface area contributed by atoms with E-state index in [0.717, 1.165) is 59.1 Å². The highest BCUT2D eigenvalue weighted by molar-refractivity contribution is 5.98. The molecule has 0 atom stereocenters. The van der Waals surface area contributed by atoms with Crippen LogP contribution in [-0.4, -0.2) is 22.2 Å². The molecule has 0 bridgehead atoms. The lowest BCUT2D eigenvalue weighted by Gasteiger charge is -2.43. The molecule has 0 saturated heterocycles. The fourth-order valence-corrected chi connectivity index (χ4v) is 8.39. The summed E-state index contributed by atoms with van der Waals surface area (Å²) in [5.41, 5.74) is 10.6. The predicted molar refractivity (Wildman–Crippen MR) is 197 cm³/mol. The van der Waals surface area contributed by atoms with E-state index in [2.05, 4.69) is 79.7 Å². The first-order valence-corrected chi connectivity index (χ1v) is 17.5. The second-order valence-corrected chi connectivity index (χ2v) is 16.9. The van der Waals surface area contributed by atoms with Crippen LogP contribution < -0.4 is 0 Å². The summed E-state index contributed by atoms with van der Waals surface area (Å²) >= 11 is 0. The van der Waals surface area contributed by atoms with E-state index in [0.29, 0.717) is 24.3 Å². The first-order valence-electron chi connectivity index (χ1n) is 17.5. The fraction of sp³-hybridized carbons (Fsp3) is 0.409. The Morgan fingerprint density at radius 3 is 1.24 bits per heavy atom. The van der Waals surface area contributed by atoms with E-state index in [9.17, 15) is 19.8 Å². The standard InChI is InChI=1S/C44H50O5/c1-41(2)17-19-43(5,6)37-33(29-13-9-11-15-31(29)39(45)46)21-27(23-35(37)41)25-49-26-28-22-34(30-14-10-12-16-32(30)40(47)48)38-36(24-28)42(3,4)18-20-44(38,7)8/h9-16,21-24H,17-20,25-26H2,1-8H3,(H,45,46)(H,47,48). The zero-order valence-corrected chi connectivity index (χ0v) is 30.3. The van der Waals surface area contributed by atoms with Crippen molar-refractivity contribution in [2.45, 2.75) is 116 Å². The molecule has 0 saturated carbocycles. The molecule has 4 aromatic carbocycles. The molecule has 0 amide bonds. The smallest absolute Gasteiger partial charge is 0.336 e. The summed E-state index contributed by atoms with van der Waals surface area (Å²) in [7, 11) is 0. The molecule has 2 aliphatic carbocycles. The van der Waals surface area contributed by atoms with Gasteiger partial charge >= 0.3 is 11.9 Å². The summed E-state index contributed by atoms with van der Waals surface area (Å²) in [6.07, 6.45) is 4.12. The van der Waals surface area contributed by atoms with Gasteiger partial charge in [0.1, 0.15) is 0 Å². The molecule has 0 spiro atoms. The van der Waals surface area contributed by atoms with Crippen molar-refractivity contribution in [2.24, 2.45) is 0 Å². The van der Waals surface area contributed by atoms with Gasteiger partial charge in [0.05, 0.1) is 24.3 Å². The lowest BCUT2D eigenvalue weighted by Crippen LogP contribution is -2.35. The van der Waals surface area contributed by atoms with E-state index < -0.39 is 11.9 Å². The molecular weight excluding hydrogens is 608 g/mol. The summed E-state index contributed by atoms with van der Waals surface area (Å²) in [4.78, 5) is 24.8. The predicted octanol–water partition coefficient (Wildman–Crippen LogP) is 10.8. The number of carboxylic acid groups (broad SMARTS) is 2. The van der Waals surface area contributed by atoms with Gasteiger partial charge in [-0.3, -0.25) is 0 Å². The van der Waals surface area contributed by atoms with Gasteiger partial charge in [-0.2, -0.15) is 0 Å². The van der Waals surface area contributed by atoms with Crippen LogP contribution in [0.1, 0.15) is 135 Å². The molecule has 256 valence electrons. The average Bonchev–Trinajstić information content (AvgIpc) is 3.04. The molecule has 6 rings (SSSR count). The van der Waals surface area contributed by atoms with Crippen molar-refractivity contribution in [1.29, 1.82) is 0 Å². The fourth-order valence-electron chi connectivity index (χ4n) is 8.39. The lowest BCUT2D eigenvalue weighted by molar-refractivity contribution is 0.0687. The summed E-state index contributed by atoms with van der Waals surface area (Å²) in [6.45, 7) is 18.9. The largest absolute Gasteiger partial charge is 0.478 e. The molecule has 49 heavy (non-hydrogen) atoms. The van der Waals surface area contributed by atoms with Gasteiger partial charge in [0.2, 0.25) is 0 Å². The van der Waals surface area contributed by atoms with Crippen molar-refractivity contribution >= 4 is 11.9 Å². The van der Waals surface area contributed by atoms with E-state index in [1.54, 1.807) is 24.3 Å². The quantitative estimate of drug-likeness (QED) is 0.197. The second kappa shape index (κ2) is 12.3. The van der Waals surface area contributed by atoms with Crippen LogP contribution in [0.25, 0.3) is 22.3 Å². The van der Waals surface area contributed by atoms with Crippen molar-refractivity contribution < 1.29 is 24.5 Å². The zero-order valence-electron chi connectivity index (χ0n) is 30.3. The van der Waals surface area contributed by atoms with Crippen molar-refractivity contribution in [3.8, 4) is 22.3 Å². The van der Waals surface area contributed by atoms with Gasteiger partial charge in [0.25, 0.3) is 0 Å². The molecule has 2 N–H and O–H groups in total. The SMILES string of the molecule is CC1(C)CCC(C)(C)c2c(-c3ccccc3C(=O)O)cc(COCc3cc(-c4ccccc4C(=O)O)c4c(c3)C(C)(C)CCC4(C)C)cc21. The molecule has 0 radical (unpaired) electrons. The van der Waals surface area contributed by atoms with Crippen molar-refractivity contribution in [1.82, 2.24) is 0 Å². The van der Waals surface area contributed by atoms with Gasteiger partial charge in [0, 0.05) is 0 Å². The average molecular weight is 659 g/mol. The maximum Gasteiger partial charge on any atom is 0.336 e. The molecule has 5 heteroatoms. The third-order valence-corrected chi connectivity index (χ3v) is 11.4. The second-order valence-electron chi connectivity index (χ2n) is 16.9. The normalized spacial score (nSPS) is 18.3. The number of benzene rings is 4. The number of aromatic carboxylic acids is 2. The number of ether oxygens (including phenoxy) is 1. The van der Waals surface area contributed by atoms with Gasteiger partial charge < -0.3 is 14.9 Å². The minimum atomic E-state index is -0.933. The highest BCUT2D eigenvalue weighted by Gasteiger charge is 2.41. The molecule has 0 heterocycles. The van der Waals surface area contributed by atoms with E-state index in [-0.39, 0.29) is 21.7 Å². The van der Waals surface area contributed by atoms with Crippen LogP contribution in [-0.2, 0) is 39.6 Å². The first kappa shape index (κ1) is 34.6. The minimum Gasteiger partial charge on any atom is -0.478 e. The maximum atomic E-state index is 12.4. The highest BCUT2D eigenvalue weighted by atomic mass is 16.5. The van der Waals surface area contributed by atoms with E-state index >= 15 is 0 Å². The summed E-state index contributed by atoms with van der Waals surface area (Å²) in [6, 6.07) is 23.4. The minimum absolute atomic E-state index is 0.0723. The molecule has 5 nitrogen and oxygen atoms in total. The van der Waals surface area contributed by atoms with Crippen LogP contribution in [0.3, 0.4) is 0 Å². The monoisotopic (exact) mass is 658 g/mol. The number of carbonyl (C=O) groups is 2. The Bertz CT molecular complexity index is 1820. The molecule has 4 aromatic rings. The highest BCUT2D eigenvalue weighted by Crippen LogP contribution is 2.52. The van der Waals surface area contributed by atoms with Crippen LogP contribution in [0, 0.1) is 0 Å². The van der Waals surface area contributed by atoms with Crippen LogP contribution in [0.15, 0.2) is 72.8 Å². The van der Waals surface area contributed by atoms with Crippen LogP contribution in [0.5, 0.6) is 0 Å². The molecule has 0 unspecified atom stereocenters. The van der Waals surface area contributed by atoms with Gasteiger partial charge in [-0.25, -0.2) is 9.59 Å². The van der Waals surface area contributed by atoms with E-state index in [4.69, 9.17) is 4.74 Å². The first-order chi connectivity index (χ1) is 22.9. The molecule has 0 aromatic heterocycles. The Morgan fingerprint density at radius 1 is 0.531 bits per heavy atom. The Balaban J connectivity index is 1.43. The number of rotatable bonds is 8. The van der Waals surface area contributed by atoms with Crippen molar-refractivity contribution in [3.63, 3.8) is 0 Å². The summed E-state index contributed by atoms with van der Waals surface area (Å²) in [5, 5.41) is 20.3. The Morgan fingerprint density at radius 2 is 0.878 bits per heavy atom. The van der Waals surface area contributed by atoms with E-state index in [1.165, 1.54) is 22.3 Å². The van der Waals surface area contributed by atoms with Gasteiger partial charge in [-0.15, -0.1) is 0 Å². The third-order valence-electron chi connectivity index (χ3n) is 11.4. The van der Waals surface area contributed by atoms with Crippen LogP contribution in [0.2, 0.25) is 0 Å². The third kappa shape index (κ3) is 6.34. The topological polar surface area (TPSA) is 83.8 Å². The summed E-state index contributed by atoms with van der Waals surface area (Å²) in [5.74, 6) is -1.87. The number of hydrogen-bond acceptors (Lipinski definition) is 3. The Kier molecular flexibility index (Phi) is 8.68. The number of hydrogen-bond donors (Lipinski definition) is 2. The van der Waals surface area contributed by atoms with Crippen LogP contribution in [0.4, 0.5) is 0 Å². The number of carboxylic acids is 2. The van der Waals surface area contributed by atoms with Gasteiger partial charge in [-0.1, -0.05) is 104 Å². The lowest BCUT2D eigenvalue weighted by atomic mass is 9.61. The Labute approximate surface area is 291 Å². The van der Waals surface area contributed by atoms with Gasteiger partial charge in [-0.05, 0) is 127 Å². The summed E-state index contributed by atoms with van der Waals surface area (Å²) < 4.78 is 6.53. The van der Waals surface area contributed by atoms with Crippen LogP contribution >= 0.6 is 0 Å². The van der Waals surface area contributed by atoms with Gasteiger partial charge in [0.15, 0.2) is 0 Å². The Hall–Kier alpha value is -4.22. The van der Waals surface area contributed by atoms with Crippen molar-refractivity contribution in [3.05, 3.63) is 117 Å². The molecule has 0 aliphatic heterocycles. The molecular formula is C44H50O5. The number of fused-ring (bicyclic) bond motifs is 2. The van der Waals surface area contributed by atoms with E-state index in [1.807, 2.05) is 24.3 Å². The van der Waals surface area contributed by atoms with Crippen molar-refractivity contribution in [2.75, 3.05) is 0 Å². The molecule has 2 aliphatic rings. The molecule has 0 fully saturated rings. The zero-order chi connectivity index (χ0) is 35.5.